The maximum Gasteiger partial charge on any atom is 0.168 e. The highest BCUT2D eigenvalue weighted by Gasteiger charge is 2.18. The van der Waals surface area contributed by atoms with Crippen LogP contribution in [-0.2, 0) is 0 Å². The number of hydrogen-bond donors (Lipinski definition) is 0. The van der Waals surface area contributed by atoms with E-state index in [2.05, 4.69) is 107 Å². The van der Waals surface area contributed by atoms with Crippen LogP contribution >= 0.6 is 0 Å². The van der Waals surface area contributed by atoms with Crippen LogP contribution in [0.25, 0.3) is 33.8 Å². The predicted molar refractivity (Wildman–Crippen MR) is 128 cm³/mol. The van der Waals surface area contributed by atoms with E-state index >= 15 is 0 Å². The van der Waals surface area contributed by atoms with Gasteiger partial charge in [0.1, 0.15) is 0 Å². The molecular formula is C28H23N3. The Labute approximate surface area is 182 Å². The van der Waals surface area contributed by atoms with Crippen LogP contribution in [0.1, 0.15) is 19.2 Å². The summed E-state index contributed by atoms with van der Waals surface area (Å²) in [4.78, 5) is 0. The van der Waals surface area contributed by atoms with E-state index in [0.717, 1.165) is 34.9 Å². The van der Waals surface area contributed by atoms with E-state index in [0.29, 0.717) is 0 Å². The van der Waals surface area contributed by atoms with E-state index in [1.807, 2.05) is 24.3 Å². The molecule has 3 aromatic carbocycles. The normalized spacial score (nSPS) is 13.5. The van der Waals surface area contributed by atoms with Gasteiger partial charge in [0.25, 0.3) is 0 Å². The Bertz CT molecular complexity index is 1280. The molecule has 1 aliphatic rings. The van der Waals surface area contributed by atoms with Crippen LogP contribution in [0.3, 0.4) is 0 Å². The van der Waals surface area contributed by atoms with Crippen LogP contribution < -0.4 is 0 Å². The zero-order valence-corrected chi connectivity index (χ0v) is 17.4. The van der Waals surface area contributed by atoms with Gasteiger partial charge in [0, 0.05) is 16.8 Å². The van der Waals surface area contributed by atoms with Crippen molar-refractivity contribution in [3.05, 3.63) is 121 Å². The van der Waals surface area contributed by atoms with E-state index in [4.69, 9.17) is 0 Å². The van der Waals surface area contributed by atoms with Crippen LogP contribution in [0.15, 0.2) is 115 Å². The van der Waals surface area contributed by atoms with Crippen LogP contribution in [0.4, 0.5) is 0 Å². The molecule has 1 heterocycles. The van der Waals surface area contributed by atoms with Gasteiger partial charge >= 0.3 is 0 Å². The molecule has 4 aromatic rings. The quantitative estimate of drug-likeness (QED) is 0.373. The maximum absolute atomic E-state index is 4.62. The van der Waals surface area contributed by atoms with Gasteiger partial charge in [-0.25, -0.2) is 0 Å². The van der Waals surface area contributed by atoms with Crippen LogP contribution in [0.2, 0.25) is 0 Å². The van der Waals surface area contributed by atoms with Gasteiger partial charge in [0.2, 0.25) is 0 Å². The molecule has 0 saturated heterocycles. The number of aromatic nitrogens is 3. The number of benzene rings is 3. The third-order valence-electron chi connectivity index (χ3n) is 5.48. The lowest BCUT2D eigenvalue weighted by atomic mass is 10.0. The summed E-state index contributed by atoms with van der Waals surface area (Å²) >= 11 is 0. The second-order valence-corrected chi connectivity index (χ2v) is 7.67. The Kier molecular flexibility index (Phi) is 5.16. The lowest BCUT2D eigenvalue weighted by Gasteiger charge is -2.12. The average Bonchev–Trinajstić information content (AvgIpc) is 3.16. The minimum absolute atomic E-state index is 0.825. The number of hydrogen-bond acceptors (Lipinski definition) is 2. The number of rotatable bonds is 4. The summed E-state index contributed by atoms with van der Waals surface area (Å²) in [6.45, 7) is 2.11. The van der Waals surface area contributed by atoms with E-state index in [1.165, 1.54) is 16.7 Å². The first-order valence-electron chi connectivity index (χ1n) is 10.5. The molecule has 1 aromatic heterocycles. The minimum atomic E-state index is 0.825. The number of allylic oxidation sites excluding steroid dienone is 6. The first-order chi connectivity index (χ1) is 15.3. The van der Waals surface area contributed by atoms with Crippen LogP contribution in [0, 0.1) is 0 Å². The third kappa shape index (κ3) is 3.90. The molecule has 0 aliphatic heterocycles. The van der Waals surface area contributed by atoms with E-state index in [-0.39, 0.29) is 0 Å². The molecule has 0 N–H and O–H groups in total. The lowest BCUT2D eigenvalue weighted by Crippen LogP contribution is -2.03. The van der Waals surface area contributed by atoms with E-state index in [9.17, 15) is 0 Å². The van der Waals surface area contributed by atoms with Crippen molar-refractivity contribution in [1.82, 2.24) is 14.8 Å². The average molecular weight is 402 g/mol. The fourth-order valence-electron chi connectivity index (χ4n) is 3.84. The zero-order chi connectivity index (χ0) is 21.0. The van der Waals surface area contributed by atoms with Crippen LogP contribution in [-0.4, -0.2) is 14.8 Å². The van der Waals surface area contributed by atoms with Gasteiger partial charge in [0.15, 0.2) is 11.6 Å². The second kappa shape index (κ2) is 8.41. The van der Waals surface area contributed by atoms with Gasteiger partial charge < -0.3 is 0 Å². The molecule has 0 atom stereocenters. The van der Waals surface area contributed by atoms with Gasteiger partial charge in [0.05, 0.1) is 0 Å². The predicted octanol–water partition coefficient (Wildman–Crippen LogP) is 6.89. The van der Waals surface area contributed by atoms with Crippen molar-refractivity contribution in [3.8, 4) is 28.2 Å². The van der Waals surface area contributed by atoms with Gasteiger partial charge in [-0.15, -0.1) is 10.2 Å². The van der Waals surface area contributed by atoms with Crippen molar-refractivity contribution in [2.75, 3.05) is 0 Å². The molecule has 0 spiro atoms. The van der Waals surface area contributed by atoms with Crippen LogP contribution in [0.5, 0.6) is 0 Å². The Hall–Kier alpha value is -3.98. The molecule has 0 bridgehead atoms. The highest BCUT2D eigenvalue weighted by Crippen LogP contribution is 2.30. The Morgan fingerprint density at radius 3 is 2.00 bits per heavy atom. The SMILES string of the molecule is CC1=CC=C(c2nnc(-c3ccc(-c4ccccc4)cc3)n2-c2ccccc2)CC=C1. The molecule has 5 rings (SSSR count). The van der Waals surface area contributed by atoms with Crippen molar-refractivity contribution in [1.29, 1.82) is 0 Å². The monoisotopic (exact) mass is 401 g/mol. The minimum Gasteiger partial charge on any atom is -0.275 e. The first kappa shape index (κ1) is 19.0. The molecule has 0 radical (unpaired) electrons. The molecule has 0 fully saturated rings. The largest absolute Gasteiger partial charge is 0.275 e. The number of para-hydroxylation sites is 1. The summed E-state index contributed by atoms with van der Waals surface area (Å²) in [5, 5.41) is 9.24. The van der Waals surface area contributed by atoms with E-state index < -0.39 is 0 Å². The third-order valence-corrected chi connectivity index (χ3v) is 5.48. The van der Waals surface area contributed by atoms with Crippen molar-refractivity contribution >= 4 is 5.57 Å². The molecule has 150 valence electrons. The molecule has 31 heavy (non-hydrogen) atoms. The molecule has 0 saturated carbocycles. The maximum atomic E-state index is 4.62. The highest BCUT2D eigenvalue weighted by molar-refractivity contribution is 5.72. The van der Waals surface area contributed by atoms with Gasteiger partial charge in [-0.2, -0.15) is 0 Å². The summed E-state index contributed by atoms with van der Waals surface area (Å²) in [6, 6.07) is 29.3. The van der Waals surface area contributed by atoms with Crippen molar-refractivity contribution in [2.24, 2.45) is 0 Å². The Morgan fingerprint density at radius 1 is 0.645 bits per heavy atom. The summed E-state index contributed by atoms with van der Waals surface area (Å²) in [5.41, 5.74) is 6.87. The lowest BCUT2D eigenvalue weighted by molar-refractivity contribution is 1.01. The Balaban J connectivity index is 1.61. The fourth-order valence-corrected chi connectivity index (χ4v) is 3.84. The molecular weight excluding hydrogens is 378 g/mol. The van der Waals surface area contributed by atoms with Crippen molar-refractivity contribution < 1.29 is 0 Å². The summed E-state index contributed by atoms with van der Waals surface area (Å²) in [6.07, 6.45) is 9.45. The molecule has 3 nitrogen and oxygen atoms in total. The van der Waals surface area contributed by atoms with E-state index in [1.54, 1.807) is 0 Å². The summed E-state index contributed by atoms with van der Waals surface area (Å²) in [7, 11) is 0. The fraction of sp³-hybridized carbons (Fsp3) is 0.0714. The molecule has 0 amide bonds. The molecule has 1 aliphatic carbocycles. The number of nitrogens with zero attached hydrogens (tertiary/aromatic N) is 3. The topological polar surface area (TPSA) is 30.7 Å². The molecule has 0 unspecified atom stereocenters. The summed E-state index contributed by atoms with van der Waals surface area (Å²) < 4.78 is 2.16. The zero-order valence-electron chi connectivity index (χ0n) is 17.4. The summed E-state index contributed by atoms with van der Waals surface area (Å²) in [5.74, 6) is 1.72. The molecule has 3 heteroatoms. The smallest absolute Gasteiger partial charge is 0.168 e. The standard InChI is InChI=1S/C28H23N3/c1-21-9-8-12-24(16-15-21)27-29-30-28(31(27)26-13-6-3-7-14-26)25-19-17-23(18-20-25)22-10-4-2-5-11-22/h2-11,13-20H,12H2,1H3. The first-order valence-corrected chi connectivity index (χ1v) is 10.5. The van der Waals surface area contributed by atoms with Gasteiger partial charge in [-0.1, -0.05) is 103 Å². The highest BCUT2D eigenvalue weighted by atomic mass is 15.3. The van der Waals surface area contributed by atoms with Gasteiger partial charge in [-0.05, 0) is 36.6 Å². The van der Waals surface area contributed by atoms with Crippen molar-refractivity contribution in [3.63, 3.8) is 0 Å². The van der Waals surface area contributed by atoms with Crippen molar-refractivity contribution in [2.45, 2.75) is 13.3 Å². The Morgan fingerprint density at radius 2 is 1.26 bits per heavy atom. The van der Waals surface area contributed by atoms with Gasteiger partial charge in [-0.3, -0.25) is 4.57 Å². The second-order valence-electron chi connectivity index (χ2n) is 7.67.